The van der Waals surface area contributed by atoms with Crippen LogP contribution in [0, 0.1) is 11.6 Å². The second kappa shape index (κ2) is 3.39. The van der Waals surface area contributed by atoms with Crippen LogP contribution >= 0.6 is 0 Å². The van der Waals surface area contributed by atoms with Gasteiger partial charge in [0.05, 0.1) is 12.0 Å². The highest BCUT2D eigenvalue weighted by Crippen LogP contribution is 2.14. The fourth-order valence-corrected chi connectivity index (χ4v) is 1.48. The summed E-state index contributed by atoms with van der Waals surface area (Å²) in [6.07, 6.45) is 0. The Balaban J connectivity index is 3.32. The van der Waals surface area contributed by atoms with Crippen LogP contribution in [0.25, 0.3) is 0 Å². The maximum atomic E-state index is 12.5. The molecule has 0 heterocycles. The minimum Gasteiger partial charge on any atom is -0.270 e. The Labute approximate surface area is 74.1 Å². The van der Waals surface area contributed by atoms with E-state index in [1.54, 1.807) is 0 Å². The van der Waals surface area contributed by atoms with Crippen LogP contribution < -0.4 is 0 Å². The Morgan fingerprint density at radius 1 is 1.15 bits per heavy atom. The molecule has 0 aliphatic rings. The number of halogens is 2. The van der Waals surface area contributed by atoms with Crippen LogP contribution in [0.1, 0.15) is 0 Å². The molecule has 0 N–H and O–H groups in total. The predicted molar refractivity (Wildman–Crippen MR) is 40.6 cm³/mol. The van der Waals surface area contributed by atoms with E-state index in [1.807, 2.05) is 0 Å². The van der Waals surface area contributed by atoms with Gasteiger partial charge >= 0.3 is 0 Å². The zero-order valence-corrected chi connectivity index (χ0v) is 7.44. The smallest absolute Gasteiger partial charge is 0.270 e. The van der Waals surface area contributed by atoms with E-state index in [4.69, 9.17) is 0 Å². The minimum atomic E-state index is -4.02. The first-order chi connectivity index (χ1) is 5.95. The third-order valence-electron chi connectivity index (χ3n) is 1.34. The van der Waals surface area contributed by atoms with E-state index in [0.717, 1.165) is 7.11 Å². The van der Waals surface area contributed by atoms with Gasteiger partial charge in [-0.25, -0.2) is 8.78 Å². The van der Waals surface area contributed by atoms with E-state index >= 15 is 0 Å². The van der Waals surface area contributed by atoms with E-state index in [2.05, 4.69) is 4.18 Å². The summed E-state index contributed by atoms with van der Waals surface area (Å²) in [6.45, 7) is 0. The van der Waals surface area contributed by atoms with Gasteiger partial charge < -0.3 is 0 Å². The fraction of sp³-hybridized carbons (Fsp3) is 0.143. The predicted octanol–water partition coefficient (Wildman–Crippen LogP) is 1.30. The van der Waals surface area contributed by atoms with Gasteiger partial charge in [0.2, 0.25) is 0 Å². The summed E-state index contributed by atoms with van der Waals surface area (Å²) in [5.74, 6) is -1.92. The molecule has 0 amide bonds. The number of rotatable bonds is 2. The van der Waals surface area contributed by atoms with Gasteiger partial charge in [-0.1, -0.05) is 0 Å². The van der Waals surface area contributed by atoms with Crippen molar-refractivity contribution in [3.05, 3.63) is 29.8 Å². The first kappa shape index (κ1) is 10.1. The van der Waals surface area contributed by atoms with Crippen LogP contribution in [0.2, 0.25) is 0 Å². The van der Waals surface area contributed by atoms with Crippen molar-refractivity contribution in [2.75, 3.05) is 7.11 Å². The van der Waals surface area contributed by atoms with Crippen LogP contribution in [0.4, 0.5) is 8.78 Å². The van der Waals surface area contributed by atoms with Crippen LogP contribution in [0.3, 0.4) is 0 Å². The molecule has 1 rings (SSSR count). The minimum absolute atomic E-state index is 0.535. The van der Waals surface area contributed by atoms with Crippen molar-refractivity contribution in [1.29, 1.82) is 0 Å². The molecule has 0 radical (unpaired) electrons. The maximum Gasteiger partial charge on any atom is 0.296 e. The summed E-state index contributed by atoms with van der Waals surface area (Å²) in [7, 11) is -3.11. The molecule has 0 fully saturated rings. The molecule has 0 saturated heterocycles. The molecule has 13 heavy (non-hydrogen) atoms. The lowest BCUT2D eigenvalue weighted by Gasteiger charge is -2.00. The quantitative estimate of drug-likeness (QED) is 0.688. The average Bonchev–Trinajstić information content (AvgIpc) is 2.02. The molecule has 0 atom stereocenters. The fourth-order valence-electron chi connectivity index (χ4n) is 0.769. The van der Waals surface area contributed by atoms with Crippen molar-refractivity contribution in [1.82, 2.24) is 0 Å². The highest BCUT2D eigenvalue weighted by molar-refractivity contribution is 7.86. The first-order valence-electron chi connectivity index (χ1n) is 3.22. The van der Waals surface area contributed by atoms with E-state index in [-0.39, 0.29) is 0 Å². The molecule has 0 saturated carbocycles. The van der Waals surface area contributed by atoms with Gasteiger partial charge in [-0.3, -0.25) is 4.18 Å². The zero-order chi connectivity index (χ0) is 10.1. The van der Waals surface area contributed by atoms with Crippen molar-refractivity contribution in [3.63, 3.8) is 0 Å². The molecule has 0 unspecified atom stereocenters. The Hall–Kier alpha value is -1.01. The highest BCUT2D eigenvalue weighted by Gasteiger charge is 2.15. The Morgan fingerprint density at radius 2 is 1.62 bits per heavy atom. The van der Waals surface area contributed by atoms with Crippen molar-refractivity contribution >= 4 is 10.1 Å². The van der Waals surface area contributed by atoms with Gasteiger partial charge in [0, 0.05) is 6.07 Å². The molecule has 0 spiro atoms. The molecule has 72 valence electrons. The second-order valence-corrected chi connectivity index (χ2v) is 3.94. The average molecular weight is 208 g/mol. The van der Waals surface area contributed by atoms with E-state index in [1.165, 1.54) is 0 Å². The molecule has 0 aliphatic heterocycles. The lowest BCUT2D eigenvalue weighted by molar-refractivity contribution is 0.396. The van der Waals surface area contributed by atoms with Gasteiger partial charge in [0.15, 0.2) is 0 Å². The molecule has 6 heteroatoms. The monoisotopic (exact) mass is 208 g/mol. The Morgan fingerprint density at radius 3 is 2.00 bits per heavy atom. The van der Waals surface area contributed by atoms with E-state index in [9.17, 15) is 17.2 Å². The zero-order valence-electron chi connectivity index (χ0n) is 6.62. The SMILES string of the molecule is COS(=O)(=O)c1cc(F)cc(F)c1. The summed E-state index contributed by atoms with van der Waals surface area (Å²) >= 11 is 0. The summed E-state index contributed by atoms with van der Waals surface area (Å²) in [5.41, 5.74) is 0. The van der Waals surface area contributed by atoms with Crippen molar-refractivity contribution < 1.29 is 21.4 Å². The highest BCUT2D eigenvalue weighted by atomic mass is 32.2. The molecular formula is C7H6F2O3S. The van der Waals surface area contributed by atoms with Crippen molar-refractivity contribution in [3.8, 4) is 0 Å². The molecule has 3 nitrogen and oxygen atoms in total. The topological polar surface area (TPSA) is 43.4 Å². The second-order valence-electron chi connectivity index (χ2n) is 2.23. The van der Waals surface area contributed by atoms with Gasteiger partial charge in [-0.05, 0) is 12.1 Å². The lowest BCUT2D eigenvalue weighted by Crippen LogP contribution is -2.03. The Bertz CT molecular complexity index is 393. The summed E-state index contributed by atoms with van der Waals surface area (Å²) in [5, 5.41) is 0. The van der Waals surface area contributed by atoms with Crippen molar-refractivity contribution in [2.24, 2.45) is 0 Å². The molecule has 1 aromatic rings. The van der Waals surface area contributed by atoms with Gasteiger partial charge in [-0.2, -0.15) is 8.42 Å². The van der Waals surface area contributed by atoms with Gasteiger partial charge in [-0.15, -0.1) is 0 Å². The first-order valence-corrected chi connectivity index (χ1v) is 4.63. The standard InChI is InChI=1S/C7H6F2O3S/c1-12-13(10,11)7-3-5(8)2-6(9)4-7/h2-4H,1H3. The molecule has 1 aromatic carbocycles. The molecule has 0 aliphatic carbocycles. The number of benzene rings is 1. The normalized spacial score (nSPS) is 11.6. The molecular weight excluding hydrogens is 202 g/mol. The Kier molecular flexibility index (Phi) is 2.63. The summed E-state index contributed by atoms with van der Waals surface area (Å²) in [6, 6.07) is 1.94. The largest absolute Gasteiger partial charge is 0.296 e. The third-order valence-corrected chi connectivity index (χ3v) is 2.60. The molecule has 0 aromatic heterocycles. The van der Waals surface area contributed by atoms with Gasteiger partial charge in [0.1, 0.15) is 11.6 Å². The number of hydrogen-bond acceptors (Lipinski definition) is 3. The third kappa shape index (κ3) is 2.22. The molecule has 0 bridgehead atoms. The van der Waals surface area contributed by atoms with Crippen LogP contribution in [0.15, 0.2) is 23.1 Å². The lowest BCUT2D eigenvalue weighted by atomic mass is 10.3. The summed E-state index contributed by atoms with van der Waals surface area (Å²) in [4.78, 5) is -0.535. The van der Waals surface area contributed by atoms with E-state index in [0.29, 0.717) is 18.2 Å². The summed E-state index contributed by atoms with van der Waals surface area (Å²) < 4.78 is 51.0. The van der Waals surface area contributed by atoms with Crippen LogP contribution in [0.5, 0.6) is 0 Å². The van der Waals surface area contributed by atoms with Crippen LogP contribution in [-0.2, 0) is 14.3 Å². The maximum absolute atomic E-state index is 12.5. The van der Waals surface area contributed by atoms with Gasteiger partial charge in [0.25, 0.3) is 10.1 Å². The van der Waals surface area contributed by atoms with E-state index < -0.39 is 26.6 Å². The van der Waals surface area contributed by atoms with Crippen LogP contribution in [-0.4, -0.2) is 15.5 Å². The number of hydrogen-bond donors (Lipinski definition) is 0. The van der Waals surface area contributed by atoms with Crippen molar-refractivity contribution in [2.45, 2.75) is 4.90 Å².